The van der Waals surface area contributed by atoms with E-state index in [1.807, 2.05) is 24.3 Å². The normalized spacial score (nSPS) is 15.3. The Morgan fingerprint density at radius 3 is 2.52 bits per heavy atom. The van der Waals surface area contributed by atoms with Crippen molar-refractivity contribution in [2.45, 2.75) is 38.3 Å². The minimum atomic E-state index is -0.402. The van der Waals surface area contributed by atoms with Crippen molar-refractivity contribution in [3.8, 4) is 0 Å². The SMILES string of the molecule is CC[C@@H](NCC(=O)NC(=O)NC1CC1)c1ccc(Br)cc1. The van der Waals surface area contributed by atoms with Gasteiger partial charge in [-0.15, -0.1) is 0 Å². The first-order valence-corrected chi connectivity index (χ1v) is 7.97. The molecule has 1 aliphatic carbocycles. The highest BCUT2D eigenvalue weighted by molar-refractivity contribution is 9.10. The number of benzene rings is 1. The molecule has 0 saturated heterocycles. The van der Waals surface area contributed by atoms with E-state index < -0.39 is 6.03 Å². The zero-order chi connectivity index (χ0) is 15.2. The summed E-state index contributed by atoms with van der Waals surface area (Å²) in [6, 6.07) is 7.92. The molecular weight excluding hydrogens is 334 g/mol. The van der Waals surface area contributed by atoms with E-state index in [9.17, 15) is 9.59 Å². The number of rotatable bonds is 6. The van der Waals surface area contributed by atoms with Gasteiger partial charge in [0.1, 0.15) is 0 Å². The van der Waals surface area contributed by atoms with Crippen LogP contribution in [0.2, 0.25) is 0 Å². The van der Waals surface area contributed by atoms with Gasteiger partial charge in [0.15, 0.2) is 0 Å². The van der Waals surface area contributed by atoms with Crippen LogP contribution in [0, 0.1) is 0 Å². The van der Waals surface area contributed by atoms with Crippen LogP contribution < -0.4 is 16.0 Å². The average Bonchev–Trinajstić information content (AvgIpc) is 3.25. The monoisotopic (exact) mass is 353 g/mol. The molecule has 0 spiro atoms. The Balaban J connectivity index is 1.77. The lowest BCUT2D eigenvalue weighted by Gasteiger charge is -2.17. The molecule has 1 aromatic carbocycles. The van der Waals surface area contributed by atoms with Gasteiger partial charge < -0.3 is 10.6 Å². The summed E-state index contributed by atoms with van der Waals surface area (Å²) < 4.78 is 1.02. The number of nitrogens with one attached hydrogen (secondary N) is 3. The van der Waals surface area contributed by atoms with E-state index in [-0.39, 0.29) is 24.5 Å². The summed E-state index contributed by atoms with van der Waals surface area (Å²) in [5, 5.41) is 8.22. The summed E-state index contributed by atoms with van der Waals surface area (Å²) in [5.74, 6) is -0.316. The Hall–Kier alpha value is -1.40. The van der Waals surface area contributed by atoms with Crippen molar-refractivity contribution in [2.75, 3.05) is 6.54 Å². The van der Waals surface area contributed by atoms with Crippen molar-refractivity contribution in [3.05, 3.63) is 34.3 Å². The first-order chi connectivity index (χ1) is 10.1. The average molecular weight is 354 g/mol. The van der Waals surface area contributed by atoms with Crippen molar-refractivity contribution in [1.29, 1.82) is 0 Å². The highest BCUT2D eigenvalue weighted by atomic mass is 79.9. The lowest BCUT2D eigenvalue weighted by atomic mass is 10.0. The van der Waals surface area contributed by atoms with Crippen molar-refractivity contribution >= 4 is 27.9 Å². The Morgan fingerprint density at radius 2 is 1.95 bits per heavy atom. The fourth-order valence-corrected chi connectivity index (χ4v) is 2.29. The minimum absolute atomic E-state index is 0.0929. The minimum Gasteiger partial charge on any atom is -0.335 e. The molecule has 21 heavy (non-hydrogen) atoms. The van der Waals surface area contributed by atoms with Gasteiger partial charge in [0.05, 0.1) is 6.54 Å². The van der Waals surface area contributed by atoms with Crippen LogP contribution in [0.3, 0.4) is 0 Å². The van der Waals surface area contributed by atoms with Crippen LogP contribution in [-0.2, 0) is 4.79 Å². The molecular formula is C15H20BrN3O2. The molecule has 0 radical (unpaired) electrons. The van der Waals surface area contributed by atoms with Gasteiger partial charge in [-0.2, -0.15) is 0 Å². The third-order valence-corrected chi connectivity index (χ3v) is 3.88. The predicted molar refractivity (Wildman–Crippen MR) is 84.9 cm³/mol. The number of halogens is 1. The molecule has 2 rings (SSSR count). The van der Waals surface area contributed by atoms with Gasteiger partial charge in [-0.25, -0.2) is 4.79 Å². The van der Waals surface area contributed by atoms with Crippen molar-refractivity contribution in [2.24, 2.45) is 0 Å². The van der Waals surface area contributed by atoms with Gasteiger partial charge in [-0.05, 0) is 37.0 Å². The topological polar surface area (TPSA) is 70.2 Å². The molecule has 1 aliphatic rings. The molecule has 0 bridgehead atoms. The van der Waals surface area contributed by atoms with Crippen molar-refractivity contribution < 1.29 is 9.59 Å². The highest BCUT2D eigenvalue weighted by Crippen LogP contribution is 2.19. The standard InChI is InChI=1S/C15H20BrN3O2/c1-2-13(10-3-5-11(16)6-4-10)17-9-14(20)19-15(21)18-12-7-8-12/h3-6,12-13,17H,2,7-9H2,1H3,(H2,18,19,20,21)/t13-/m1/s1. The third-order valence-electron chi connectivity index (χ3n) is 3.36. The molecule has 3 amide bonds. The molecule has 1 saturated carbocycles. The molecule has 5 nitrogen and oxygen atoms in total. The quantitative estimate of drug-likeness (QED) is 0.735. The van der Waals surface area contributed by atoms with Crippen LogP contribution in [0.15, 0.2) is 28.7 Å². The number of hydrogen-bond acceptors (Lipinski definition) is 3. The maximum Gasteiger partial charge on any atom is 0.321 e. The molecule has 0 aromatic heterocycles. The first kappa shape index (κ1) is 16.0. The summed E-state index contributed by atoms with van der Waals surface area (Å²) in [7, 11) is 0. The van der Waals surface area contributed by atoms with Gasteiger partial charge >= 0.3 is 6.03 Å². The number of carbonyl (C=O) groups is 2. The van der Waals surface area contributed by atoms with Gasteiger partial charge in [-0.3, -0.25) is 10.1 Å². The Labute approximate surface area is 133 Å². The lowest BCUT2D eigenvalue weighted by Crippen LogP contribution is -2.44. The zero-order valence-corrected chi connectivity index (χ0v) is 13.6. The summed E-state index contributed by atoms with van der Waals surface area (Å²) in [5.41, 5.74) is 1.12. The van der Waals surface area contributed by atoms with Crippen LogP contribution >= 0.6 is 15.9 Å². The molecule has 1 fully saturated rings. The number of amides is 3. The summed E-state index contributed by atoms with van der Waals surface area (Å²) in [6.07, 6.45) is 2.87. The van der Waals surface area contributed by atoms with Crippen LogP contribution in [0.5, 0.6) is 0 Å². The molecule has 114 valence electrons. The van der Waals surface area contributed by atoms with Crippen LogP contribution in [0.25, 0.3) is 0 Å². The van der Waals surface area contributed by atoms with E-state index in [4.69, 9.17) is 0 Å². The van der Waals surface area contributed by atoms with Crippen LogP contribution in [0.4, 0.5) is 4.79 Å². The summed E-state index contributed by atoms with van der Waals surface area (Å²) in [4.78, 5) is 23.2. The fraction of sp³-hybridized carbons (Fsp3) is 0.467. The molecule has 3 N–H and O–H groups in total. The molecule has 6 heteroatoms. The zero-order valence-electron chi connectivity index (χ0n) is 12.0. The maximum atomic E-state index is 11.7. The second kappa shape index (κ2) is 7.56. The van der Waals surface area contributed by atoms with E-state index in [1.165, 1.54) is 0 Å². The molecule has 1 aromatic rings. The number of carbonyl (C=O) groups excluding carboxylic acids is 2. The van der Waals surface area contributed by atoms with Crippen molar-refractivity contribution in [3.63, 3.8) is 0 Å². The van der Waals surface area contributed by atoms with E-state index in [0.29, 0.717) is 0 Å². The van der Waals surface area contributed by atoms with E-state index in [2.05, 4.69) is 38.8 Å². The van der Waals surface area contributed by atoms with Crippen LogP contribution in [0.1, 0.15) is 37.8 Å². The number of urea groups is 1. The summed E-state index contributed by atoms with van der Waals surface area (Å²) >= 11 is 3.40. The largest absolute Gasteiger partial charge is 0.335 e. The highest BCUT2D eigenvalue weighted by Gasteiger charge is 2.23. The van der Waals surface area contributed by atoms with Gasteiger partial charge in [0.2, 0.25) is 5.91 Å². The maximum absolute atomic E-state index is 11.7. The molecule has 0 heterocycles. The predicted octanol–water partition coefficient (Wildman–Crippen LogP) is 2.48. The smallest absolute Gasteiger partial charge is 0.321 e. The van der Waals surface area contributed by atoms with Gasteiger partial charge in [0, 0.05) is 16.6 Å². The molecule has 0 unspecified atom stereocenters. The second-order valence-corrected chi connectivity index (χ2v) is 6.10. The van der Waals surface area contributed by atoms with Crippen molar-refractivity contribution in [1.82, 2.24) is 16.0 Å². The fourth-order valence-electron chi connectivity index (χ4n) is 2.03. The number of hydrogen-bond donors (Lipinski definition) is 3. The Morgan fingerprint density at radius 1 is 1.29 bits per heavy atom. The Kier molecular flexibility index (Phi) is 5.76. The van der Waals surface area contributed by atoms with Gasteiger partial charge in [-0.1, -0.05) is 35.0 Å². The first-order valence-electron chi connectivity index (χ1n) is 7.17. The molecule has 0 aliphatic heterocycles. The summed E-state index contributed by atoms with van der Waals surface area (Å²) in [6.45, 7) is 2.17. The van der Waals surface area contributed by atoms with E-state index in [1.54, 1.807) is 0 Å². The lowest BCUT2D eigenvalue weighted by molar-refractivity contribution is -0.119. The third kappa shape index (κ3) is 5.47. The Bertz CT molecular complexity index is 500. The number of imide groups is 1. The van der Waals surface area contributed by atoms with E-state index >= 15 is 0 Å². The van der Waals surface area contributed by atoms with E-state index in [0.717, 1.165) is 29.3 Å². The van der Waals surface area contributed by atoms with Crippen LogP contribution in [-0.4, -0.2) is 24.5 Å². The van der Waals surface area contributed by atoms with Gasteiger partial charge in [0.25, 0.3) is 0 Å². The second-order valence-electron chi connectivity index (χ2n) is 5.19. The molecule has 1 atom stereocenters.